The first kappa shape index (κ1) is 7.07. The highest BCUT2D eigenvalue weighted by atomic mass is 14.8. The molecule has 54 valence electrons. The minimum atomic E-state index is 1.25. The van der Waals surface area contributed by atoms with Gasteiger partial charge in [0.15, 0.2) is 0 Å². The highest BCUT2D eigenvalue weighted by molar-refractivity contribution is 4.54. The van der Waals surface area contributed by atoms with Crippen LogP contribution in [0.5, 0.6) is 0 Å². The standard InChI is InChI=1S/C8H17N/c1-2-4-6-8-9-7-5-3-1/h9H,1-8H2. The molecule has 1 nitrogen and oxygen atoms in total. The van der Waals surface area contributed by atoms with Gasteiger partial charge < -0.3 is 5.32 Å². The Morgan fingerprint density at radius 1 is 0.556 bits per heavy atom. The van der Waals surface area contributed by atoms with Crippen molar-refractivity contribution in [3.05, 3.63) is 0 Å². The van der Waals surface area contributed by atoms with Crippen LogP contribution in [-0.2, 0) is 0 Å². The van der Waals surface area contributed by atoms with Gasteiger partial charge in [0.1, 0.15) is 0 Å². The number of hydrogen-bond donors (Lipinski definition) is 1. The third-order valence-corrected chi connectivity index (χ3v) is 1.96. The van der Waals surface area contributed by atoms with E-state index >= 15 is 0 Å². The molecule has 1 rings (SSSR count). The van der Waals surface area contributed by atoms with Crippen molar-refractivity contribution >= 4 is 0 Å². The lowest BCUT2D eigenvalue weighted by Crippen LogP contribution is -2.15. The molecule has 1 fully saturated rings. The summed E-state index contributed by atoms with van der Waals surface area (Å²) in [4.78, 5) is 0. The van der Waals surface area contributed by atoms with Crippen LogP contribution < -0.4 is 5.32 Å². The van der Waals surface area contributed by atoms with Gasteiger partial charge in [0.2, 0.25) is 0 Å². The highest BCUT2D eigenvalue weighted by Crippen LogP contribution is 2.05. The lowest BCUT2D eigenvalue weighted by molar-refractivity contribution is 0.633. The molecule has 0 unspecified atom stereocenters. The lowest BCUT2D eigenvalue weighted by atomic mass is 10.1. The van der Waals surface area contributed by atoms with Gasteiger partial charge in [0.05, 0.1) is 0 Å². The van der Waals surface area contributed by atoms with E-state index in [-0.39, 0.29) is 0 Å². The maximum absolute atomic E-state index is 3.43. The molecular weight excluding hydrogens is 110 g/mol. The van der Waals surface area contributed by atoms with Crippen molar-refractivity contribution in [1.29, 1.82) is 0 Å². The maximum atomic E-state index is 3.43. The molecule has 0 spiro atoms. The van der Waals surface area contributed by atoms with Crippen LogP contribution in [0.3, 0.4) is 0 Å². The van der Waals surface area contributed by atoms with E-state index in [1.165, 1.54) is 51.6 Å². The van der Waals surface area contributed by atoms with Gasteiger partial charge in [-0.3, -0.25) is 0 Å². The van der Waals surface area contributed by atoms with E-state index < -0.39 is 0 Å². The molecule has 0 saturated carbocycles. The van der Waals surface area contributed by atoms with E-state index in [2.05, 4.69) is 5.32 Å². The SMILES string of the molecule is C1CCCCNCCC1. The van der Waals surface area contributed by atoms with Crippen molar-refractivity contribution in [2.75, 3.05) is 13.1 Å². The summed E-state index contributed by atoms with van der Waals surface area (Å²) in [5.41, 5.74) is 0. The zero-order valence-electron chi connectivity index (χ0n) is 6.16. The summed E-state index contributed by atoms with van der Waals surface area (Å²) in [6.07, 6.45) is 8.57. The molecular formula is C8H17N. The normalized spacial score (nSPS) is 24.0. The molecule has 0 amide bonds. The summed E-state index contributed by atoms with van der Waals surface area (Å²) in [5, 5.41) is 3.43. The molecule has 1 aliphatic rings. The first-order valence-electron chi connectivity index (χ1n) is 4.21. The minimum Gasteiger partial charge on any atom is -0.317 e. The molecule has 1 heteroatoms. The van der Waals surface area contributed by atoms with Gasteiger partial charge >= 0.3 is 0 Å². The second-order valence-electron chi connectivity index (χ2n) is 2.87. The largest absolute Gasteiger partial charge is 0.317 e. The number of hydrogen-bond acceptors (Lipinski definition) is 1. The van der Waals surface area contributed by atoms with Gasteiger partial charge in [0, 0.05) is 0 Å². The second kappa shape index (κ2) is 4.80. The van der Waals surface area contributed by atoms with Crippen molar-refractivity contribution in [3.8, 4) is 0 Å². The fraction of sp³-hybridized carbons (Fsp3) is 1.00. The Labute approximate surface area is 57.8 Å². The van der Waals surface area contributed by atoms with Crippen LogP contribution in [0.1, 0.15) is 38.5 Å². The summed E-state index contributed by atoms with van der Waals surface area (Å²) in [7, 11) is 0. The fourth-order valence-corrected chi connectivity index (χ4v) is 1.33. The third kappa shape index (κ3) is 3.52. The highest BCUT2D eigenvalue weighted by Gasteiger charge is 1.94. The van der Waals surface area contributed by atoms with Crippen molar-refractivity contribution in [2.45, 2.75) is 38.5 Å². The van der Waals surface area contributed by atoms with Crippen LogP contribution in [0, 0.1) is 0 Å². The molecule has 1 N–H and O–H groups in total. The molecule has 0 aliphatic carbocycles. The van der Waals surface area contributed by atoms with Crippen molar-refractivity contribution in [1.82, 2.24) is 5.32 Å². The average molecular weight is 127 g/mol. The average Bonchev–Trinajstić information content (AvgIpc) is 2.00. The second-order valence-corrected chi connectivity index (χ2v) is 2.87. The molecule has 0 bridgehead atoms. The Bertz CT molecular complexity index is 33.1. The van der Waals surface area contributed by atoms with Crippen LogP contribution in [0.4, 0.5) is 0 Å². The zero-order valence-corrected chi connectivity index (χ0v) is 6.16. The van der Waals surface area contributed by atoms with Crippen molar-refractivity contribution in [2.24, 2.45) is 0 Å². The molecule has 0 aromatic carbocycles. The van der Waals surface area contributed by atoms with E-state index in [1.807, 2.05) is 0 Å². The molecule has 1 saturated heterocycles. The Morgan fingerprint density at radius 2 is 1.00 bits per heavy atom. The minimum absolute atomic E-state index is 1.25. The maximum Gasteiger partial charge on any atom is -0.00489 e. The van der Waals surface area contributed by atoms with Crippen molar-refractivity contribution in [3.63, 3.8) is 0 Å². The number of rotatable bonds is 0. The van der Waals surface area contributed by atoms with Crippen LogP contribution in [0.15, 0.2) is 0 Å². The topological polar surface area (TPSA) is 12.0 Å². The Morgan fingerprint density at radius 3 is 1.56 bits per heavy atom. The third-order valence-electron chi connectivity index (χ3n) is 1.96. The van der Waals surface area contributed by atoms with E-state index in [0.717, 1.165) is 0 Å². The molecule has 1 aliphatic heterocycles. The fourth-order valence-electron chi connectivity index (χ4n) is 1.33. The zero-order chi connectivity index (χ0) is 6.36. The Balaban J connectivity index is 2.02. The van der Waals surface area contributed by atoms with Crippen molar-refractivity contribution < 1.29 is 0 Å². The van der Waals surface area contributed by atoms with E-state index in [9.17, 15) is 0 Å². The Kier molecular flexibility index (Phi) is 3.77. The Hall–Kier alpha value is -0.0400. The first-order valence-corrected chi connectivity index (χ1v) is 4.21. The smallest absolute Gasteiger partial charge is 0.00489 e. The monoisotopic (exact) mass is 127 g/mol. The lowest BCUT2D eigenvalue weighted by Gasteiger charge is -1.98. The molecule has 9 heavy (non-hydrogen) atoms. The van der Waals surface area contributed by atoms with Gasteiger partial charge in [-0.2, -0.15) is 0 Å². The van der Waals surface area contributed by atoms with Gasteiger partial charge in [0.25, 0.3) is 0 Å². The number of nitrogens with one attached hydrogen (secondary N) is 1. The molecule has 0 aromatic heterocycles. The summed E-state index contributed by atoms with van der Waals surface area (Å²) in [6.45, 7) is 2.50. The van der Waals surface area contributed by atoms with Crippen LogP contribution in [0.25, 0.3) is 0 Å². The predicted octanol–water partition coefficient (Wildman–Crippen LogP) is 1.93. The van der Waals surface area contributed by atoms with E-state index in [0.29, 0.717) is 0 Å². The first-order chi connectivity index (χ1) is 4.50. The van der Waals surface area contributed by atoms with Gasteiger partial charge in [-0.1, -0.05) is 25.7 Å². The van der Waals surface area contributed by atoms with E-state index in [1.54, 1.807) is 0 Å². The van der Waals surface area contributed by atoms with E-state index in [4.69, 9.17) is 0 Å². The van der Waals surface area contributed by atoms with Gasteiger partial charge in [-0.15, -0.1) is 0 Å². The quantitative estimate of drug-likeness (QED) is 0.524. The molecule has 1 heterocycles. The van der Waals surface area contributed by atoms with Gasteiger partial charge in [-0.05, 0) is 25.9 Å². The summed E-state index contributed by atoms with van der Waals surface area (Å²) >= 11 is 0. The predicted molar refractivity (Wildman–Crippen MR) is 40.6 cm³/mol. The van der Waals surface area contributed by atoms with Crippen LogP contribution >= 0.6 is 0 Å². The summed E-state index contributed by atoms with van der Waals surface area (Å²) in [6, 6.07) is 0. The van der Waals surface area contributed by atoms with Gasteiger partial charge in [-0.25, -0.2) is 0 Å². The molecule has 0 radical (unpaired) electrons. The van der Waals surface area contributed by atoms with Crippen LogP contribution in [-0.4, -0.2) is 13.1 Å². The summed E-state index contributed by atoms with van der Waals surface area (Å²) in [5.74, 6) is 0. The molecule has 0 aromatic rings. The summed E-state index contributed by atoms with van der Waals surface area (Å²) < 4.78 is 0. The van der Waals surface area contributed by atoms with Crippen LogP contribution in [0.2, 0.25) is 0 Å². The molecule has 0 atom stereocenters.